The van der Waals surface area contributed by atoms with Crippen LogP contribution in [0.5, 0.6) is 5.88 Å². The van der Waals surface area contributed by atoms with Gasteiger partial charge in [0.05, 0.1) is 12.5 Å². The molecule has 4 heteroatoms. The fourth-order valence-electron chi connectivity index (χ4n) is 2.61. The van der Waals surface area contributed by atoms with Crippen LogP contribution in [-0.2, 0) is 10.2 Å². The number of aliphatic carboxylic acids is 1. The average molecular weight is 235 g/mol. The van der Waals surface area contributed by atoms with Crippen molar-refractivity contribution in [3.8, 4) is 5.88 Å². The number of carboxylic acid groups (broad SMARTS) is 1. The van der Waals surface area contributed by atoms with E-state index in [4.69, 9.17) is 4.74 Å². The maximum absolute atomic E-state index is 11.5. The van der Waals surface area contributed by atoms with Crippen LogP contribution in [-0.4, -0.2) is 23.2 Å². The Kier molecular flexibility index (Phi) is 2.42. The first-order valence-electron chi connectivity index (χ1n) is 5.60. The van der Waals surface area contributed by atoms with E-state index in [1.807, 2.05) is 26.8 Å². The molecule has 0 spiro atoms. The van der Waals surface area contributed by atoms with Gasteiger partial charge in [-0.15, -0.1) is 0 Å². The normalized spacial score (nSPS) is 25.4. The number of carboxylic acids is 1. The Balaban J connectivity index is 2.48. The fraction of sp³-hybridized carbons (Fsp3) is 0.538. The second-order valence-electron chi connectivity index (χ2n) is 5.32. The summed E-state index contributed by atoms with van der Waals surface area (Å²) in [6.07, 6.45) is 2.28. The summed E-state index contributed by atoms with van der Waals surface area (Å²) < 4.78 is 5.09. The number of nitrogens with zero attached hydrogens (tertiary/aromatic N) is 1. The molecule has 1 atom stereocenters. The number of carbonyl (C=O) groups is 1. The lowest BCUT2D eigenvalue weighted by Gasteiger charge is -2.17. The summed E-state index contributed by atoms with van der Waals surface area (Å²) in [7, 11) is 1.56. The topological polar surface area (TPSA) is 59.4 Å². The van der Waals surface area contributed by atoms with Crippen LogP contribution in [0.4, 0.5) is 0 Å². The number of aryl methyl sites for hydroxylation is 1. The number of hydrogen-bond donors (Lipinski definition) is 1. The van der Waals surface area contributed by atoms with Crippen molar-refractivity contribution in [3.05, 3.63) is 23.4 Å². The maximum atomic E-state index is 11.5. The molecule has 2 rings (SSSR count). The highest BCUT2D eigenvalue weighted by atomic mass is 16.5. The van der Waals surface area contributed by atoms with Crippen molar-refractivity contribution in [3.63, 3.8) is 0 Å². The molecule has 1 saturated carbocycles. The zero-order chi connectivity index (χ0) is 12.8. The van der Waals surface area contributed by atoms with Gasteiger partial charge in [0.2, 0.25) is 5.88 Å². The highest BCUT2D eigenvalue weighted by molar-refractivity contribution is 5.87. The van der Waals surface area contributed by atoms with Gasteiger partial charge in [-0.25, -0.2) is 4.98 Å². The zero-order valence-corrected chi connectivity index (χ0v) is 10.6. The van der Waals surface area contributed by atoms with E-state index in [1.165, 1.54) is 0 Å². The molecule has 1 unspecified atom stereocenters. The molecular weight excluding hydrogens is 218 g/mol. The smallest absolute Gasteiger partial charge is 0.314 e. The monoisotopic (exact) mass is 235 g/mol. The van der Waals surface area contributed by atoms with Crippen LogP contribution < -0.4 is 4.74 Å². The van der Waals surface area contributed by atoms with E-state index in [2.05, 4.69) is 4.98 Å². The molecule has 17 heavy (non-hydrogen) atoms. The van der Waals surface area contributed by atoms with E-state index in [-0.39, 0.29) is 5.41 Å². The second-order valence-corrected chi connectivity index (χ2v) is 5.32. The maximum Gasteiger partial charge on any atom is 0.314 e. The van der Waals surface area contributed by atoms with Crippen LogP contribution in [0.25, 0.3) is 0 Å². The third-order valence-corrected chi connectivity index (χ3v) is 3.82. The van der Waals surface area contributed by atoms with E-state index in [0.29, 0.717) is 12.3 Å². The molecule has 0 amide bonds. The Morgan fingerprint density at radius 3 is 2.47 bits per heavy atom. The lowest BCUT2D eigenvalue weighted by Crippen LogP contribution is -2.25. The third kappa shape index (κ3) is 1.51. The molecule has 4 nitrogen and oxygen atoms in total. The van der Waals surface area contributed by atoms with Gasteiger partial charge in [-0.2, -0.15) is 0 Å². The standard InChI is InChI=1S/C13H17NO3/c1-8-5-9(6-14-10(8)17-4)13(11(15)16)7-12(13,2)3/h5-6H,7H2,1-4H3,(H,15,16). The lowest BCUT2D eigenvalue weighted by molar-refractivity contribution is -0.141. The molecule has 0 bridgehead atoms. The predicted octanol–water partition coefficient (Wildman–Crippen LogP) is 2.15. The first kappa shape index (κ1) is 11.9. The Morgan fingerprint density at radius 1 is 1.53 bits per heavy atom. The van der Waals surface area contributed by atoms with E-state index >= 15 is 0 Å². The summed E-state index contributed by atoms with van der Waals surface area (Å²) in [6.45, 7) is 5.82. The minimum atomic E-state index is -0.781. The SMILES string of the molecule is COc1ncc(C2(C(=O)O)CC2(C)C)cc1C. The van der Waals surface area contributed by atoms with Gasteiger partial charge in [-0.1, -0.05) is 13.8 Å². The minimum absolute atomic E-state index is 0.207. The summed E-state index contributed by atoms with van der Waals surface area (Å²) in [5, 5.41) is 9.45. The van der Waals surface area contributed by atoms with E-state index < -0.39 is 11.4 Å². The van der Waals surface area contributed by atoms with Crippen molar-refractivity contribution in [2.75, 3.05) is 7.11 Å². The Labute approximate surface area is 101 Å². The van der Waals surface area contributed by atoms with Gasteiger partial charge >= 0.3 is 5.97 Å². The molecule has 0 saturated heterocycles. The molecule has 92 valence electrons. The number of ether oxygens (including phenoxy) is 1. The highest BCUT2D eigenvalue weighted by Crippen LogP contribution is 2.64. The largest absolute Gasteiger partial charge is 0.481 e. The molecule has 0 radical (unpaired) electrons. The summed E-state index contributed by atoms with van der Waals surface area (Å²) >= 11 is 0. The van der Waals surface area contributed by atoms with Gasteiger partial charge in [-0.05, 0) is 30.4 Å². The van der Waals surface area contributed by atoms with Crippen molar-refractivity contribution in [2.45, 2.75) is 32.6 Å². The van der Waals surface area contributed by atoms with E-state index in [9.17, 15) is 9.90 Å². The minimum Gasteiger partial charge on any atom is -0.481 e. The molecule has 1 aromatic rings. The van der Waals surface area contributed by atoms with Gasteiger partial charge < -0.3 is 9.84 Å². The molecule has 1 aromatic heterocycles. The number of aromatic nitrogens is 1. The third-order valence-electron chi connectivity index (χ3n) is 3.82. The van der Waals surface area contributed by atoms with Crippen LogP contribution in [0.1, 0.15) is 31.4 Å². The summed E-state index contributed by atoms with van der Waals surface area (Å²) in [5.41, 5.74) is 0.653. The molecular formula is C13H17NO3. The van der Waals surface area contributed by atoms with Crippen molar-refractivity contribution in [1.29, 1.82) is 0 Å². The predicted molar refractivity (Wildman–Crippen MR) is 63.2 cm³/mol. The molecule has 1 N–H and O–H groups in total. The molecule has 1 fully saturated rings. The second kappa shape index (κ2) is 3.45. The van der Waals surface area contributed by atoms with Crippen LogP contribution in [0, 0.1) is 12.3 Å². The van der Waals surface area contributed by atoms with Crippen molar-refractivity contribution >= 4 is 5.97 Å². The first-order chi connectivity index (χ1) is 7.85. The summed E-state index contributed by atoms with van der Waals surface area (Å²) in [5.74, 6) is -0.221. The highest BCUT2D eigenvalue weighted by Gasteiger charge is 2.68. The van der Waals surface area contributed by atoms with Gasteiger partial charge in [-0.3, -0.25) is 4.79 Å². The first-order valence-corrected chi connectivity index (χ1v) is 5.60. The van der Waals surface area contributed by atoms with Crippen molar-refractivity contribution < 1.29 is 14.6 Å². The van der Waals surface area contributed by atoms with Gasteiger partial charge in [0.25, 0.3) is 0 Å². The summed E-state index contributed by atoms with van der Waals surface area (Å²) in [4.78, 5) is 15.7. The quantitative estimate of drug-likeness (QED) is 0.872. The fourth-order valence-corrected chi connectivity index (χ4v) is 2.61. The molecule has 0 aromatic carbocycles. The number of rotatable bonds is 3. The number of methoxy groups -OCH3 is 1. The Hall–Kier alpha value is -1.58. The van der Waals surface area contributed by atoms with Crippen LogP contribution >= 0.6 is 0 Å². The molecule has 1 heterocycles. The van der Waals surface area contributed by atoms with Crippen LogP contribution in [0.15, 0.2) is 12.3 Å². The average Bonchev–Trinajstić information content (AvgIpc) is 2.83. The van der Waals surface area contributed by atoms with Crippen molar-refractivity contribution in [1.82, 2.24) is 4.98 Å². The van der Waals surface area contributed by atoms with E-state index in [1.54, 1.807) is 13.3 Å². The van der Waals surface area contributed by atoms with Gasteiger partial charge in [0.15, 0.2) is 0 Å². The molecule has 1 aliphatic rings. The van der Waals surface area contributed by atoms with Crippen molar-refractivity contribution in [2.24, 2.45) is 5.41 Å². The number of hydrogen-bond acceptors (Lipinski definition) is 3. The molecule has 1 aliphatic carbocycles. The van der Waals surface area contributed by atoms with Crippen LogP contribution in [0.2, 0.25) is 0 Å². The number of pyridine rings is 1. The van der Waals surface area contributed by atoms with E-state index in [0.717, 1.165) is 11.1 Å². The van der Waals surface area contributed by atoms with Gasteiger partial charge in [0.1, 0.15) is 0 Å². The molecule has 0 aliphatic heterocycles. The lowest BCUT2D eigenvalue weighted by atomic mass is 9.88. The van der Waals surface area contributed by atoms with Crippen LogP contribution in [0.3, 0.4) is 0 Å². The van der Waals surface area contributed by atoms with Gasteiger partial charge in [0, 0.05) is 11.8 Å². The Morgan fingerprint density at radius 2 is 2.12 bits per heavy atom. The summed E-state index contributed by atoms with van der Waals surface area (Å²) in [6, 6.07) is 1.87. The zero-order valence-electron chi connectivity index (χ0n) is 10.6. The Bertz CT molecular complexity index is 482.